The smallest absolute Gasteiger partial charge is 0.0796 e. The fourth-order valence-electron chi connectivity index (χ4n) is 4.11. The monoisotopic (exact) mass is 382 g/mol. The Kier molecular flexibility index (Phi) is 5.65. The molecule has 0 aromatic heterocycles. The first kappa shape index (κ1) is 19.0. The summed E-state index contributed by atoms with van der Waals surface area (Å²) in [4.78, 5) is 0.110. The van der Waals surface area contributed by atoms with Gasteiger partial charge in [0.05, 0.1) is 11.7 Å². The summed E-state index contributed by atoms with van der Waals surface area (Å²) in [6.45, 7) is 12.5. The number of allylic oxidation sites excluding steroid dienone is 3. The molecule has 0 bridgehead atoms. The largest absolute Gasteiger partial charge is 0.389 e. The summed E-state index contributed by atoms with van der Waals surface area (Å²) in [5.74, 6) is 0.485. The molecule has 0 aliphatic heterocycles. The first-order chi connectivity index (χ1) is 10.5. The average molecular weight is 383 g/mol. The summed E-state index contributed by atoms with van der Waals surface area (Å²) in [5, 5.41) is 21.1. The molecule has 2 aliphatic rings. The van der Waals surface area contributed by atoms with Gasteiger partial charge in [-0.05, 0) is 50.9 Å². The van der Waals surface area contributed by atoms with Crippen LogP contribution in [-0.4, -0.2) is 26.7 Å². The van der Waals surface area contributed by atoms with Gasteiger partial charge in [0.25, 0.3) is 0 Å². The molecule has 0 radical (unpaired) electrons. The van der Waals surface area contributed by atoms with Crippen LogP contribution in [0.1, 0.15) is 53.4 Å². The van der Waals surface area contributed by atoms with Gasteiger partial charge in [-0.1, -0.05) is 65.7 Å². The predicted molar refractivity (Wildman–Crippen MR) is 101 cm³/mol. The summed E-state index contributed by atoms with van der Waals surface area (Å²) in [7, 11) is 0. The van der Waals surface area contributed by atoms with E-state index in [1.54, 1.807) is 0 Å². The minimum atomic E-state index is -0.625. The number of hydrogen-bond acceptors (Lipinski definition) is 2. The van der Waals surface area contributed by atoms with Crippen LogP contribution in [0.3, 0.4) is 0 Å². The van der Waals surface area contributed by atoms with Gasteiger partial charge in [-0.3, -0.25) is 0 Å². The van der Waals surface area contributed by atoms with Crippen molar-refractivity contribution in [3.05, 3.63) is 36.0 Å². The summed E-state index contributed by atoms with van der Waals surface area (Å²) in [6.07, 6.45) is 9.41. The maximum atomic E-state index is 10.8. The van der Waals surface area contributed by atoms with Crippen molar-refractivity contribution < 1.29 is 10.2 Å². The Hall–Kier alpha value is -0.380. The molecule has 23 heavy (non-hydrogen) atoms. The lowest BCUT2D eigenvalue weighted by Crippen LogP contribution is -2.41. The van der Waals surface area contributed by atoms with E-state index in [1.165, 1.54) is 5.57 Å². The fourth-order valence-corrected chi connectivity index (χ4v) is 4.79. The Bertz CT molecular complexity index is 516. The first-order valence-corrected chi connectivity index (χ1v) is 9.54. The summed E-state index contributed by atoms with van der Waals surface area (Å²) < 4.78 is 0. The van der Waals surface area contributed by atoms with Crippen LogP contribution in [-0.2, 0) is 0 Å². The van der Waals surface area contributed by atoms with Gasteiger partial charge in [-0.2, -0.15) is 0 Å². The van der Waals surface area contributed by atoms with Gasteiger partial charge in [0.1, 0.15) is 0 Å². The molecule has 1 saturated carbocycles. The van der Waals surface area contributed by atoms with E-state index < -0.39 is 11.7 Å². The van der Waals surface area contributed by atoms with Crippen molar-refractivity contribution in [3.8, 4) is 0 Å². The summed E-state index contributed by atoms with van der Waals surface area (Å²) in [5.41, 5.74) is 1.65. The third kappa shape index (κ3) is 4.18. The molecule has 0 aromatic rings. The van der Waals surface area contributed by atoms with E-state index in [4.69, 9.17) is 0 Å². The molecule has 0 spiro atoms. The standard InChI is InChI=1S/C20H31BrO2/c1-13-7-6-9-19(3,4)18(13)16(22)11-14(2)15-8-10-20(5,23)17(21)12-15/h6,9,11,15-18,22-23H,1,7-8,10,12H2,2-5H3/b14-11-/t15-,16+,17-,18-,20+/m0/s1. The summed E-state index contributed by atoms with van der Waals surface area (Å²) >= 11 is 3.63. The van der Waals surface area contributed by atoms with Crippen LogP contribution in [0.15, 0.2) is 36.0 Å². The second-order valence-electron chi connectivity index (χ2n) is 8.26. The van der Waals surface area contributed by atoms with Crippen molar-refractivity contribution in [2.45, 2.75) is 69.9 Å². The topological polar surface area (TPSA) is 40.5 Å². The molecule has 2 rings (SSSR count). The molecular formula is C20H31BrO2. The minimum absolute atomic E-state index is 0.0638. The Morgan fingerprint density at radius 1 is 1.43 bits per heavy atom. The first-order valence-electron chi connectivity index (χ1n) is 8.63. The van der Waals surface area contributed by atoms with Gasteiger partial charge in [0.2, 0.25) is 0 Å². The van der Waals surface area contributed by atoms with Crippen molar-refractivity contribution >= 4 is 15.9 Å². The van der Waals surface area contributed by atoms with Crippen molar-refractivity contribution in [1.29, 1.82) is 0 Å². The molecule has 2 N–H and O–H groups in total. The molecule has 2 aliphatic carbocycles. The highest BCUT2D eigenvalue weighted by Crippen LogP contribution is 2.43. The molecular weight excluding hydrogens is 352 g/mol. The normalized spacial score (nSPS) is 39.3. The highest BCUT2D eigenvalue weighted by molar-refractivity contribution is 9.09. The lowest BCUT2D eigenvalue weighted by Gasteiger charge is -2.40. The molecule has 0 unspecified atom stereocenters. The molecule has 1 fully saturated rings. The third-order valence-electron chi connectivity index (χ3n) is 5.75. The van der Waals surface area contributed by atoms with Crippen LogP contribution < -0.4 is 0 Å². The van der Waals surface area contributed by atoms with E-state index in [0.717, 1.165) is 31.3 Å². The number of hydrogen-bond donors (Lipinski definition) is 2. The lowest BCUT2D eigenvalue weighted by atomic mass is 9.67. The third-order valence-corrected chi connectivity index (χ3v) is 7.11. The SMILES string of the molecule is C=C1CC=CC(C)(C)[C@@H]1[C@H](O)/C=C(/C)[C@H]1CC[C@@](C)(O)[C@@H](Br)C1. The molecule has 5 atom stereocenters. The van der Waals surface area contributed by atoms with Gasteiger partial charge in [-0.25, -0.2) is 0 Å². The van der Waals surface area contributed by atoms with E-state index in [1.807, 2.05) is 13.0 Å². The number of aliphatic hydroxyl groups is 2. The van der Waals surface area contributed by atoms with Crippen LogP contribution in [0, 0.1) is 17.3 Å². The Balaban J connectivity index is 2.11. The molecule has 0 heterocycles. The van der Waals surface area contributed by atoms with E-state index in [0.29, 0.717) is 5.92 Å². The lowest BCUT2D eigenvalue weighted by molar-refractivity contribution is 0.0212. The average Bonchev–Trinajstić information content (AvgIpc) is 2.40. The molecule has 0 saturated heterocycles. The number of alkyl halides is 1. The van der Waals surface area contributed by atoms with Crippen LogP contribution in [0.25, 0.3) is 0 Å². The van der Waals surface area contributed by atoms with Gasteiger partial charge < -0.3 is 10.2 Å². The second-order valence-corrected chi connectivity index (χ2v) is 9.37. The van der Waals surface area contributed by atoms with Gasteiger partial charge in [0, 0.05) is 10.7 Å². The van der Waals surface area contributed by atoms with E-state index >= 15 is 0 Å². The molecule has 3 heteroatoms. The van der Waals surface area contributed by atoms with Crippen molar-refractivity contribution in [3.63, 3.8) is 0 Å². The van der Waals surface area contributed by atoms with Gasteiger partial charge in [-0.15, -0.1) is 0 Å². The van der Waals surface area contributed by atoms with Gasteiger partial charge in [0.15, 0.2) is 0 Å². The fraction of sp³-hybridized carbons (Fsp3) is 0.700. The zero-order valence-corrected chi connectivity index (χ0v) is 16.4. The zero-order chi connectivity index (χ0) is 17.4. The van der Waals surface area contributed by atoms with Crippen LogP contribution in [0.2, 0.25) is 0 Å². The second kappa shape index (κ2) is 6.85. The molecule has 2 nitrogen and oxygen atoms in total. The molecule has 0 aromatic carbocycles. The van der Waals surface area contributed by atoms with E-state index in [9.17, 15) is 10.2 Å². The highest BCUT2D eigenvalue weighted by atomic mass is 79.9. The highest BCUT2D eigenvalue weighted by Gasteiger charge is 2.39. The van der Waals surface area contributed by atoms with Crippen molar-refractivity contribution in [1.82, 2.24) is 0 Å². The Morgan fingerprint density at radius 2 is 2.09 bits per heavy atom. The van der Waals surface area contributed by atoms with Crippen molar-refractivity contribution in [2.75, 3.05) is 0 Å². The number of aliphatic hydroxyl groups excluding tert-OH is 1. The zero-order valence-electron chi connectivity index (χ0n) is 14.8. The van der Waals surface area contributed by atoms with Gasteiger partial charge >= 0.3 is 0 Å². The maximum absolute atomic E-state index is 10.8. The van der Waals surface area contributed by atoms with Crippen molar-refractivity contribution in [2.24, 2.45) is 17.3 Å². The number of rotatable bonds is 3. The Morgan fingerprint density at radius 3 is 2.65 bits per heavy atom. The van der Waals surface area contributed by atoms with E-state index in [-0.39, 0.29) is 16.2 Å². The number of halogens is 1. The molecule has 130 valence electrons. The predicted octanol–water partition coefficient (Wildman–Crippen LogP) is 4.77. The molecule has 0 amide bonds. The van der Waals surface area contributed by atoms with Crippen LogP contribution in [0.5, 0.6) is 0 Å². The Labute approximate surface area is 149 Å². The summed E-state index contributed by atoms with van der Waals surface area (Å²) in [6, 6.07) is 0. The minimum Gasteiger partial charge on any atom is -0.389 e. The van der Waals surface area contributed by atoms with Crippen LogP contribution >= 0.6 is 15.9 Å². The quantitative estimate of drug-likeness (QED) is 0.545. The van der Waals surface area contributed by atoms with E-state index in [2.05, 4.69) is 55.4 Å². The maximum Gasteiger partial charge on any atom is 0.0796 e. The van der Waals surface area contributed by atoms with Crippen LogP contribution in [0.4, 0.5) is 0 Å².